The molecule has 0 amide bonds. The molecule has 0 saturated carbocycles. The minimum Gasteiger partial charge on any atom is -0.142 e. The highest BCUT2D eigenvalue weighted by molar-refractivity contribution is 8.19. The van der Waals surface area contributed by atoms with Gasteiger partial charge in [-0.2, -0.15) is 0 Å². The summed E-state index contributed by atoms with van der Waals surface area (Å²) in [5.74, 6) is 2.62. The minimum absolute atomic E-state index is 0.694. The van der Waals surface area contributed by atoms with Crippen molar-refractivity contribution in [2.45, 2.75) is 18.4 Å². The van der Waals surface area contributed by atoms with Crippen molar-refractivity contribution in [3.63, 3.8) is 0 Å². The maximum Gasteiger partial charge on any atom is 0.0754 e. The lowest BCUT2D eigenvalue weighted by Crippen LogP contribution is -1.90. The number of thioether (sulfide) groups is 2. The molecule has 1 saturated heterocycles. The fraction of sp³-hybridized carbons (Fsp3) is 0.455. The molecule has 2 heteroatoms. The zero-order valence-corrected chi connectivity index (χ0v) is 9.67. The van der Waals surface area contributed by atoms with Crippen LogP contribution in [0.5, 0.6) is 0 Å². The first-order chi connectivity index (χ1) is 6.27. The van der Waals surface area contributed by atoms with Crippen molar-refractivity contribution in [1.82, 2.24) is 0 Å². The number of hydrogen-bond donors (Lipinski definition) is 0. The third-order valence-electron chi connectivity index (χ3n) is 2.31. The Morgan fingerprint density at radius 3 is 2.54 bits per heavy atom. The Morgan fingerprint density at radius 2 is 1.85 bits per heavy atom. The predicted octanol–water partition coefficient (Wildman–Crippen LogP) is 3.78. The lowest BCUT2D eigenvalue weighted by atomic mass is 10.1. The summed E-state index contributed by atoms with van der Waals surface area (Å²) in [4.78, 5) is 0. The van der Waals surface area contributed by atoms with Crippen LogP contribution in [0.1, 0.15) is 21.3 Å². The smallest absolute Gasteiger partial charge is 0.0754 e. The molecule has 13 heavy (non-hydrogen) atoms. The van der Waals surface area contributed by atoms with E-state index in [-0.39, 0.29) is 0 Å². The van der Waals surface area contributed by atoms with E-state index in [1.165, 1.54) is 28.2 Å². The molecule has 0 spiro atoms. The molecule has 1 aliphatic rings. The molecule has 0 aromatic heterocycles. The molecule has 1 fully saturated rings. The van der Waals surface area contributed by atoms with Gasteiger partial charge in [-0.25, -0.2) is 0 Å². The first-order valence-electron chi connectivity index (χ1n) is 4.58. The van der Waals surface area contributed by atoms with E-state index in [1.807, 2.05) is 0 Å². The molecule has 0 atom stereocenters. The average Bonchev–Trinajstić information content (AvgIpc) is 2.61. The van der Waals surface area contributed by atoms with Crippen molar-refractivity contribution >= 4 is 23.5 Å². The minimum atomic E-state index is 0.694. The molecule has 1 aromatic rings. The van der Waals surface area contributed by atoms with Crippen molar-refractivity contribution in [1.29, 1.82) is 0 Å². The average molecular weight is 210 g/mol. The van der Waals surface area contributed by atoms with Crippen LogP contribution in [-0.2, 0) is 0 Å². The lowest BCUT2D eigenvalue weighted by molar-refractivity contribution is 1.26. The highest BCUT2D eigenvalue weighted by Gasteiger charge is 2.19. The highest BCUT2D eigenvalue weighted by Crippen LogP contribution is 2.46. The van der Waals surface area contributed by atoms with E-state index in [9.17, 15) is 0 Å². The summed E-state index contributed by atoms with van der Waals surface area (Å²) in [6, 6.07) is 6.78. The molecule has 1 heterocycles. The van der Waals surface area contributed by atoms with Gasteiger partial charge in [-0.15, -0.1) is 23.5 Å². The van der Waals surface area contributed by atoms with Crippen molar-refractivity contribution in [3.05, 3.63) is 34.9 Å². The zero-order valence-electron chi connectivity index (χ0n) is 8.04. The largest absolute Gasteiger partial charge is 0.142 e. The van der Waals surface area contributed by atoms with Gasteiger partial charge in [0.25, 0.3) is 0 Å². The third kappa shape index (κ3) is 2.05. The van der Waals surface area contributed by atoms with Crippen LogP contribution < -0.4 is 0 Å². The standard InChI is InChI=1S/C11H14S2/c1-8-3-4-9(2)10(7-8)11-12-5-6-13-11/h3-4,7,11H,5-6H2,1-2H3. The van der Waals surface area contributed by atoms with E-state index in [1.54, 1.807) is 0 Å². The Kier molecular flexibility index (Phi) is 2.89. The van der Waals surface area contributed by atoms with Crippen molar-refractivity contribution in [2.75, 3.05) is 11.5 Å². The molecule has 1 aliphatic heterocycles. The van der Waals surface area contributed by atoms with Crippen LogP contribution in [0.25, 0.3) is 0 Å². The summed E-state index contributed by atoms with van der Waals surface area (Å²) >= 11 is 4.16. The van der Waals surface area contributed by atoms with Gasteiger partial charge < -0.3 is 0 Å². The van der Waals surface area contributed by atoms with Gasteiger partial charge in [-0.05, 0) is 25.0 Å². The maximum atomic E-state index is 2.34. The van der Waals surface area contributed by atoms with Gasteiger partial charge in [-0.3, -0.25) is 0 Å². The Bertz CT molecular complexity index is 301. The van der Waals surface area contributed by atoms with Gasteiger partial charge in [0, 0.05) is 11.5 Å². The number of benzene rings is 1. The molecule has 2 rings (SSSR count). The fourth-order valence-corrected chi connectivity index (χ4v) is 4.58. The second-order valence-corrected chi connectivity index (χ2v) is 6.16. The van der Waals surface area contributed by atoms with Crippen molar-refractivity contribution in [3.8, 4) is 0 Å². The molecule has 1 aromatic carbocycles. The topological polar surface area (TPSA) is 0 Å². The van der Waals surface area contributed by atoms with Crippen LogP contribution in [0.4, 0.5) is 0 Å². The third-order valence-corrected chi connectivity index (χ3v) is 5.38. The fourth-order valence-electron chi connectivity index (χ4n) is 1.55. The maximum absolute atomic E-state index is 2.34. The second kappa shape index (κ2) is 3.97. The SMILES string of the molecule is Cc1ccc(C)c(C2SCCS2)c1. The van der Waals surface area contributed by atoms with Crippen LogP contribution in [0.2, 0.25) is 0 Å². The molecule has 0 N–H and O–H groups in total. The van der Waals surface area contributed by atoms with Gasteiger partial charge in [0.05, 0.1) is 4.58 Å². The molecule has 0 unspecified atom stereocenters. The predicted molar refractivity (Wildman–Crippen MR) is 63.6 cm³/mol. The van der Waals surface area contributed by atoms with Crippen molar-refractivity contribution in [2.24, 2.45) is 0 Å². The highest BCUT2D eigenvalue weighted by atomic mass is 32.2. The molecular weight excluding hydrogens is 196 g/mol. The van der Waals surface area contributed by atoms with Gasteiger partial charge in [-0.1, -0.05) is 23.8 Å². The molecule has 0 radical (unpaired) electrons. The molecular formula is C11H14S2. The van der Waals surface area contributed by atoms with Gasteiger partial charge >= 0.3 is 0 Å². The van der Waals surface area contributed by atoms with Crippen LogP contribution >= 0.6 is 23.5 Å². The van der Waals surface area contributed by atoms with Gasteiger partial charge in [0.2, 0.25) is 0 Å². The molecule has 0 bridgehead atoms. The number of aryl methyl sites for hydroxylation is 2. The Hall–Kier alpha value is -0.0800. The first kappa shape index (κ1) is 9.47. The quantitative estimate of drug-likeness (QED) is 0.692. The van der Waals surface area contributed by atoms with E-state index >= 15 is 0 Å². The van der Waals surface area contributed by atoms with E-state index < -0.39 is 0 Å². The molecule has 0 aliphatic carbocycles. The van der Waals surface area contributed by atoms with Crippen LogP contribution in [0, 0.1) is 13.8 Å². The Labute approximate surface area is 88.5 Å². The summed E-state index contributed by atoms with van der Waals surface area (Å²) in [7, 11) is 0. The Balaban J connectivity index is 2.32. The van der Waals surface area contributed by atoms with Crippen LogP contribution in [0.15, 0.2) is 18.2 Å². The van der Waals surface area contributed by atoms with Gasteiger partial charge in [0.1, 0.15) is 0 Å². The number of hydrogen-bond acceptors (Lipinski definition) is 2. The summed E-state index contributed by atoms with van der Waals surface area (Å²) in [5, 5.41) is 0. The molecule has 70 valence electrons. The van der Waals surface area contributed by atoms with E-state index in [2.05, 4.69) is 55.6 Å². The lowest BCUT2D eigenvalue weighted by Gasteiger charge is -2.12. The van der Waals surface area contributed by atoms with E-state index in [4.69, 9.17) is 0 Å². The monoisotopic (exact) mass is 210 g/mol. The second-order valence-electron chi connectivity index (χ2n) is 3.43. The van der Waals surface area contributed by atoms with Crippen LogP contribution in [0.3, 0.4) is 0 Å². The first-order valence-corrected chi connectivity index (χ1v) is 6.67. The normalized spacial score (nSPS) is 18.0. The summed E-state index contributed by atoms with van der Waals surface area (Å²) in [6.07, 6.45) is 0. The van der Waals surface area contributed by atoms with Crippen LogP contribution in [-0.4, -0.2) is 11.5 Å². The summed E-state index contributed by atoms with van der Waals surface area (Å²) < 4.78 is 0.694. The summed E-state index contributed by atoms with van der Waals surface area (Å²) in [5.41, 5.74) is 4.36. The van der Waals surface area contributed by atoms with Crippen molar-refractivity contribution < 1.29 is 0 Å². The molecule has 0 nitrogen and oxygen atoms in total. The van der Waals surface area contributed by atoms with E-state index in [0.717, 1.165) is 0 Å². The van der Waals surface area contributed by atoms with E-state index in [0.29, 0.717) is 4.58 Å². The Morgan fingerprint density at radius 1 is 1.15 bits per heavy atom. The van der Waals surface area contributed by atoms with Gasteiger partial charge in [0.15, 0.2) is 0 Å². The number of rotatable bonds is 1. The zero-order chi connectivity index (χ0) is 9.26. The summed E-state index contributed by atoms with van der Waals surface area (Å²) in [6.45, 7) is 4.39.